The second-order valence-electron chi connectivity index (χ2n) is 5.41. The Morgan fingerprint density at radius 2 is 2.04 bits per heavy atom. The molecule has 1 aliphatic heterocycles. The van der Waals surface area contributed by atoms with Gasteiger partial charge in [-0.05, 0) is 24.1 Å². The molecule has 0 fully saturated rings. The Hall–Kier alpha value is -1.95. The summed E-state index contributed by atoms with van der Waals surface area (Å²) in [5.74, 6) is 0.371. The fourth-order valence-corrected chi connectivity index (χ4v) is 2.67. The molecule has 0 aromatic heterocycles. The van der Waals surface area contributed by atoms with Gasteiger partial charge in [-0.25, -0.2) is 0 Å². The molecule has 0 unspecified atom stereocenters. The number of amides is 2. The van der Waals surface area contributed by atoms with Crippen LogP contribution in [0.4, 0.5) is 0 Å². The summed E-state index contributed by atoms with van der Waals surface area (Å²) in [6.07, 6.45) is 1.88. The number of primary amides is 1. The molecule has 1 aliphatic rings. The summed E-state index contributed by atoms with van der Waals surface area (Å²) in [7, 11) is 0. The van der Waals surface area contributed by atoms with Gasteiger partial charge in [0.05, 0.1) is 18.0 Å². The number of halogens is 1. The molecule has 0 bridgehead atoms. The number of rotatable bonds is 7. The number of ether oxygens (including phenoxy) is 2. The van der Waals surface area contributed by atoms with Crippen molar-refractivity contribution in [3.05, 3.63) is 22.7 Å². The van der Waals surface area contributed by atoms with Crippen LogP contribution in [-0.4, -0.2) is 43.0 Å². The minimum Gasteiger partial charge on any atom is -0.486 e. The summed E-state index contributed by atoms with van der Waals surface area (Å²) in [5, 5.41) is 0.417. The van der Waals surface area contributed by atoms with Gasteiger partial charge in [0.2, 0.25) is 11.8 Å². The first kappa shape index (κ1) is 17.4. The van der Waals surface area contributed by atoms with Crippen molar-refractivity contribution in [3.63, 3.8) is 0 Å². The number of carbonyl (C=O) groups excluding carboxylic acids is 2. The van der Waals surface area contributed by atoms with Crippen molar-refractivity contribution in [2.24, 2.45) is 5.73 Å². The molecule has 1 heterocycles. The zero-order chi connectivity index (χ0) is 16.8. The predicted molar refractivity (Wildman–Crippen MR) is 86.8 cm³/mol. The summed E-state index contributed by atoms with van der Waals surface area (Å²) in [5.41, 5.74) is 5.94. The van der Waals surface area contributed by atoms with Crippen LogP contribution in [0.1, 0.15) is 25.3 Å². The maximum Gasteiger partial charge on any atom is 0.237 e. The van der Waals surface area contributed by atoms with Gasteiger partial charge in [-0.1, -0.05) is 24.9 Å². The van der Waals surface area contributed by atoms with Gasteiger partial charge in [-0.3, -0.25) is 9.59 Å². The maximum absolute atomic E-state index is 12.4. The second-order valence-corrected chi connectivity index (χ2v) is 5.82. The normalized spacial score (nSPS) is 12.8. The van der Waals surface area contributed by atoms with Crippen molar-refractivity contribution in [1.29, 1.82) is 0 Å². The minimum atomic E-state index is -0.519. The van der Waals surface area contributed by atoms with Gasteiger partial charge in [0, 0.05) is 6.54 Å². The lowest BCUT2D eigenvalue weighted by atomic mass is 10.1. The van der Waals surface area contributed by atoms with Crippen LogP contribution in [0.2, 0.25) is 5.02 Å². The molecule has 0 aliphatic carbocycles. The zero-order valence-electron chi connectivity index (χ0n) is 13.1. The van der Waals surface area contributed by atoms with E-state index in [2.05, 4.69) is 0 Å². The summed E-state index contributed by atoms with van der Waals surface area (Å²) in [6, 6.07) is 3.44. The lowest BCUT2D eigenvalue weighted by molar-refractivity contribution is -0.134. The van der Waals surface area contributed by atoms with Gasteiger partial charge in [0.25, 0.3) is 0 Å². The highest BCUT2D eigenvalue weighted by Gasteiger charge is 2.20. The lowest BCUT2D eigenvalue weighted by Gasteiger charge is -2.23. The molecule has 2 rings (SSSR count). The fourth-order valence-electron chi connectivity index (χ4n) is 2.38. The largest absolute Gasteiger partial charge is 0.486 e. The van der Waals surface area contributed by atoms with Crippen LogP contribution in [0.5, 0.6) is 11.5 Å². The number of fused-ring (bicyclic) bond motifs is 1. The van der Waals surface area contributed by atoms with Crippen LogP contribution in [-0.2, 0) is 16.0 Å². The van der Waals surface area contributed by atoms with E-state index in [0.717, 1.165) is 18.4 Å². The van der Waals surface area contributed by atoms with Gasteiger partial charge >= 0.3 is 0 Å². The Morgan fingerprint density at radius 3 is 2.74 bits per heavy atom. The first-order valence-electron chi connectivity index (χ1n) is 7.65. The molecule has 0 saturated heterocycles. The van der Waals surface area contributed by atoms with Crippen molar-refractivity contribution in [3.8, 4) is 11.5 Å². The molecular formula is C16H21ClN2O4. The van der Waals surface area contributed by atoms with Crippen molar-refractivity contribution < 1.29 is 19.1 Å². The number of hydrogen-bond donors (Lipinski definition) is 1. The first-order chi connectivity index (χ1) is 11.0. The van der Waals surface area contributed by atoms with Crippen LogP contribution < -0.4 is 15.2 Å². The van der Waals surface area contributed by atoms with E-state index < -0.39 is 5.91 Å². The van der Waals surface area contributed by atoms with Gasteiger partial charge < -0.3 is 20.1 Å². The first-order valence-corrected chi connectivity index (χ1v) is 8.03. The standard InChI is InChI=1S/C16H21ClN2O4/c1-2-3-4-19(10-14(18)20)15(21)9-11-7-12(17)16-13(8-11)22-5-6-23-16/h7-8H,2-6,9-10H2,1H3,(H2,18,20). The topological polar surface area (TPSA) is 81.9 Å². The van der Waals surface area contributed by atoms with Crippen LogP contribution in [0, 0.1) is 0 Å². The van der Waals surface area contributed by atoms with Crippen molar-refractivity contribution in [2.75, 3.05) is 26.3 Å². The average molecular weight is 341 g/mol. The highest BCUT2D eigenvalue weighted by Crippen LogP contribution is 2.38. The van der Waals surface area contributed by atoms with Crippen LogP contribution in [0.15, 0.2) is 12.1 Å². The Morgan fingerprint density at radius 1 is 1.30 bits per heavy atom. The minimum absolute atomic E-state index is 0.0723. The molecule has 6 nitrogen and oxygen atoms in total. The highest BCUT2D eigenvalue weighted by molar-refractivity contribution is 6.32. The van der Waals surface area contributed by atoms with Gasteiger partial charge in [0.15, 0.2) is 11.5 Å². The SMILES string of the molecule is CCCCN(CC(N)=O)C(=O)Cc1cc(Cl)c2c(c1)OCCO2. The molecular weight excluding hydrogens is 320 g/mol. The van der Waals surface area contributed by atoms with Crippen LogP contribution in [0.25, 0.3) is 0 Å². The third-order valence-corrected chi connectivity index (χ3v) is 3.77. The molecule has 7 heteroatoms. The summed E-state index contributed by atoms with van der Waals surface area (Å²) in [6.45, 7) is 3.36. The number of nitrogens with zero attached hydrogens (tertiary/aromatic N) is 1. The summed E-state index contributed by atoms with van der Waals surface area (Å²) < 4.78 is 11.0. The van der Waals surface area contributed by atoms with Crippen molar-refractivity contribution in [2.45, 2.75) is 26.2 Å². The monoisotopic (exact) mass is 340 g/mol. The Kier molecular flexibility index (Phi) is 6.10. The van der Waals surface area contributed by atoms with Crippen molar-refractivity contribution >= 4 is 23.4 Å². The number of benzene rings is 1. The Balaban J connectivity index is 2.11. The van der Waals surface area contributed by atoms with E-state index in [0.29, 0.717) is 36.3 Å². The number of carbonyl (C=O) groups is 2. The lowest BCUT2D eigenvalue weighted by Crippen LogP contribution is -2.39. The molecule has 1 aromatic carbocycles. The molecule has 2 amide bonds. The summed E-state index contributed by atoms with van der Waals surface area (Å²) >= 11 is 6.17. The van der Waals surface area contributed by atoms with Crippen LogP contribution in [0.3, 0.4) is 0 Å². The van der Waals surface area contributed by atoms with Gasteiger partial charge in [-0.15, -0.1) is 0 Å². The molecule has 0 spiro atoms. The van der Waals surface area contributed by atoms with E-state index in [-0.39, 0.29) is 18.9 Å². The third kappa shape index (κ3) is 4.76. The van der Waals surface area contributed by atoms with E-state index in [9.17, 15) is 9.59 Å². The quantitative estimate of drug-likeness (QED) is 0.820. The summed E-state index contributed by atoms with van der Waals surface area (Å²) in [4.78, 5) is 25.1. The van der Waals surface area contributed by atoms with E-state index in [4.69, 9.17) is 26.8 Å². The molecule has 0 saturated carbocycles. The van der Waals surface area contributed by atoms with Crippen LogP contribution >= 0.6 is 11.6 Å². The third-order valence-electron chi connectivity index (χ3n) is 3.49. The van der Waals surface area contributed by atoms with E-state index in [1.807, 2.05) is 6.92 Å². The molecule has 1 aromatic rings. The average Bonchev–Trinajstić information content (AvgIpc) is 2.51. The highest BCUT2D eigenvalue weighted by atomic mass is 35.5. The Bertz CT molecular complexity index is 592. The molecule has 0 radical (unpaired) electrons. The fraction of sp³-hybridized carbons (Fsp3) is 0.500. The number of nitrogens with two attached hydrogens (primary N) is 1. The smallest absolute Gasteiger partial charge is 0.237 e. The molecule has 23 heavy (non-hydrogen) atoms. The molecule has 2 N–H and O–H groups in total. The van der Waals surface area contributed by atoms with E-state index >= 15 is 0 Å². The van der Waals surface area contributed by atoms with Gasteiger partial charge in [-0.2, -0.15) is 0 Å². The molecule has 126 valence electrons. The molecule has 0 atom stereocenters. The van der Waals surface area contributed by atoms with Crippen molar-refractivity contribution in [1.82, 2.24) is 4.90 Å². The van der Waals surface area contributed by atoms with E-state index in [1.165, 1.54) is 4.90 Å². The van der Waals surface area contributed by atoms with E-state index in [1.54, 1.807) is 12.1 Å². The second kappa shape index (κ2) is 8.06. The predicted octanol–water partition coefficient (Wildman–Crippen LogP) is 1.77. The Labute approximate surface area is 140 Å². The van der Waals surface area contributed by atoms with Gasteiger partial charge in [0.1, 0.15) is 13.2 Å². The number of unbranched alkanes of at least 4 members (excludes halogenated alkanes) is 1. The number of hydrogen-bond acceptors (Lipinski definition) is 4. The zero-order valence-corrected chi connectivity index (χ0v) is 13.9. The maximum atomic E-state index is 12.4.